The van der Waals surface area contributed by atoms with Gasteiger partial charge in [0.05, 0.1) is 16.3 Å². The van der Waals surface area contributed by atoms with E-state index in [4.69, 9.17) is 15.6 Å². The predicted octanol–water partition coefficient (Wildman–Crippen LogP) is 4.97. The third kappa shape index (κ3) is 5.52. The molecule has 12 nitrogen and oxygen atoms in total. The third-order valence-electron chi connectivity index (χ3n) is 7.80. The maximum absolute atomic E-state index is 13.7. The van der Waals surface area contributed by atoms with Gasteiger partial charge in [-0.05, 0) is 67.4 Å². The van der Waals surface area contributed by atoms with Crippen molar-refractivity contribution in [3.63, 3.8) is 0 Å². The first-order valence-corrected chi connectivity index (χ1v) is 16.1. The Labute approximate surface area is 264 Å². The summed E-state index contributed by atoms with van der Waals surface area (Å²) in [6.45, 7) is 0.791. The molecule has 230 valence electrons. The summed E-state index contributed by atoms with van der Waals surface area (Å²) in [5.74, 6) is 1.31. The fourth-order valence-corrected chi connectivity index (χ4v) is 6.70. The average Bonchev–Trinajstić information content (AvgIpc) is 3.50. The molecule has 3 aromatic heterocycles. The molecule has 1 aliphatic heterocycles. The van der Waals surface area contributed by atoms with E-state index in [-0.39, 0.29) is 16.6 Å². The van der Waals surface area contributed by atoms with Crippen LogP contribution in [0, 0.1) is 0 Å². The number of sulfone groups is 1. The minimum atomic E-state index is -3.99. The SMILES string of the molecule is Nc1ncnc2c1c(-c1ccc(Oc3ccccc3)cc1)nn2[C@H]1CCCN(C(=O)c2ccnc(S(=O)(=O)c3ccccc3)n2)C1. The number of para-hydroxylation sites is 1. The van der Waals surface area contributed by atoms with Gasteiger partial charge in [-0.3, -0.25) is 4.79 Å². The van der Waals surface area contributed by atoms with Gasteiger partial charge in [0.1, 0.15) is 35.0 Å². The fraction of sp³-hybridized carbons (Fsp3) is 0.152. The minimum absolute atomic E-state index is 0.000509. The molecule has 0 aliphatic carbocycles. The summed E-state index contributed by atoms with van der Waals surface area (Å²) in [5.41, 5.74) is 8.34. The number of carbonyl (C=O) groups is 1. The summed E-state index contributed by atoms with van der Waals surface area (Å²) in [5, 5.41) is 5.15. The molecule has 4 heterocycles. The molecule has 0 radical (unpaired) electrons. The van der Waals surface area contributed by atoms with Crippen LogP contribution in [0.15, 0.2) is 114 Å². The molecule has 0 unspecified atom stereocenters. The van der Waals surface area contributed by atoms with Crippen molar-refractivity contribution < 1.29 is 17.9 Å². The highest BCUT2D eigenvalue weighted by Crippen LogP contribution is 2.35. The molecule has 0 saturated carbocycles. The number of rotatable bonds is 7. The van der Waals surface area contributed by atoms with E-state index in [0.29, 0.717) is 47.8 Å². The van der Waals surface area contributed by atoms with E-state index >= 15 is 0 Å². The summed E-state index contributed by atoms with van der Waals surface area (Å²) >= 11 is 0. The van der Waals surface area contributed by atoms with E-state index in [1.807, 2.05) is 59.3 Å². The number of benzene rings is 3. The van der Waals surface area contributed by atoms with Crippen molar-refractivity contribution in [2.75, 3.05) is 18.8 Å². The van der Waals surface area contributed by atoms with Crippen LogP contribution in [0.4, 0.5) is 5.82 Å². The van der Waals surface area contributed by atoms with Crippen molar-refractivity contribution in [2.45, 2.75) is 28.9 Å². The number of amides is 1. The van der Waals surface area contributed by atoms with Gasteiger partial charge in [-0.1, -0.05) is 36.4 Å². The van der Waals surface area contributed by atoms with Crippen LogP contribution in [0.2, 0.25) is 0 Å². The molecule has 2 N–H and O–H groups in total. The highest BCUT2D eigenvalue weighted by atomic mass is 32.2. The van der Waals surface area contributed by atoms with Gasteiger partial charge in [0.15, 0.2) is 5.65 Å². The van der Waals surface area contributed by atoms with Gasteiger partial charge >= 0.3 is 0 Å². The van der Waals surface area contributed by atoms with Crippen molar-refractivity contribution in [1.29, 1.82) is 0 Å². The van der Waals surface area contributed by atoms with E-state index in [9.17, 15) is 13.2 Å². The number of fused-ring (bicyclic) bond motifs is 1. The molecule has 7 rings (SSSR count). The Hall–Kier alpha value is -5.69. The van der Waals surface area contributed by atoms with Gasteiger partial charge in [-0.15, -0.1) is 0 Å². The monoisotopic (exact) mass is 632 g/mol. The standard InChI is InChI=1S/C33H28N8O4S/c34-30-28-29(22-13-15-25(16-14-22)45-24-9-3-1-4-10-24)39-41(31(28)37-21-36-30)23-8-7-19-40(20-23)32(42)27-17-18-35-33(38-27)46(43,44)26-11-5-2-6-12-26/h1-6,9-18,21,23H,7-8,19-20H2,(H2,34,36,37)/t23-/m0/s1. The maximum Gasteiger partial charge on any atom is 0.272 e. The zero-order chi connectivity index (χ0) is 31.7. The first-order valence-electron chi connectivity index (χ1n) is 14.6. The number of hydrogen-bond acceptors (Lipinski definition) is 10. The summed E-state index contributed by atoms with van der Waals surface area (Å²) < 4.78 is 34.0. The topological polar surface area (TPSA) is 159 Å². The van der Waals surface area contributed by atoms with Gasteiger partial charge in [0, 0.05) is 24.8 Å². The Kier molecular flexibility index (Phi) is 7.58. The van der Waals surface area contributed by atoms with Crippen molar-refractivity contribution in [3.8, 4) is 22.8 Å². The number of nitrogens with zero attached hydrogens (tertiary/aromatic N) is 7. The number of carbonyl (C=O) groups excluding carboxylic acids is 1. The molecule has 0 bridgehead atoms. The number of likely N-dealkylation sites (tertiary alicyclic amines) is 1. The first-order chi connectivity index (χ1) is 22.4. The summed E-state index contributed by atoms with van der Waals surface area (Å²) in [6, 6.07) is 26.1. The molecule has 46 heavy (non-hydrogen) atoms. The van der Waals surface area contributed by atoms with Gasteiger partial charge in [-0.25, -0.2) is 33.0 Å². The predicted molar refractivity (Wildman–Crippen MR) is 170 cm³/mol. The van der Waals surface area contributed by atoms with Crippen LogP contribution >= 0.6 is 0 Å². The highest BCUT2D eigenvalue weighted by Gasteiger charge is 2.31. The van der Waals surface area contributed by atoms with Gasteiger partial charge in [0.2, 0.25) is 9.84 Å². The number of ether oxygens (including phenoxy) is 1. The molecule has 13 heteroatoms. The second-order valence-corrected chi connectivity index (χ2v) is 12.6. The lowest BCUT2D eigenvalue weighted by atomic mass is 10.1. The van der Waals surface area contributed by atoms with Crippen LogP contribution in [0.5, 0.6) is 11.5 Å². The van der Waals surface area contributed by atoms with Crippen LogP contribution in [0.25, 0.3) is 22.3 Å². The molecular weight excluding hydrogens is 604 g/mol. The number of piperidine rings is 1. The van der Waals surface area contributed by atoms with E-state index in [0.717, 1.165) is 17.7 Å². The van der Waals surface area contributed by atoms with E-state index in [1.165, 1.54) is 30.7 Å². The number of aromatic nitrogens is 6. The molecule has 1 fully saturated rings. The second kappa shape index (κ2) is 12.0. The van der Waals surface area contributed by atoms with Crippen LogP contribution < -0.4 is 10.5 Å². The summed E-state index contributed by atoms with van der Waals surface area (Å²) in [7, 11) is -3.99. The number of hydrogen-bond donors (Lipinski definition) is 1. The molecule has 0 spiro atoms. The van der Waals surface area contributed by atoms with Crippen LogP contribution in [-0.4, -0.2) is 62.0 Å². The van der Waals surface area contributed by atoms with E-state index in [1.54, 1.807) is 23.1 Å². The first kappa shape index (κ1) is 29.0. The molecule has 1 aliphatic rings. The van der Waals surface area contributed by atoms with Crippen molar-refractivity contribution in [3.05, 3.63) is 109 Å². The van der Waals surface area contributed by atoms with E-state index < -0.39 is 20.9 Å². The Morgan fingerprint density at radius 1 is 0.870 bits per heavy atom. The summed E-state index contributed by atoms with van der Waals surface area (Å²) in [4.78, 5) is 32.2. The van der Waals surface area contributed by atoms with Gasteiger partial charge < -0.3 is 15.4 Å². The molecule has 6 aromatic rings. The Balaban J connectivity index is 1.16. The largest absolute Gasteiger partial charge is 0.457 e. The van der Waals surface area contributed by atoms with Crippen molar-refractivity contribution >= 4 is 32.6 Å². The van der Waals surface area contributed by atoms with Gasteiger partial charge in [0.25, 0.3) is 11.1 Å². The zero-order valence-corrected chi connectivity index (χ0v) is 25.3. The molecule has 1 saturated heterocycles. The smallest absolute Gasteiger partial charge is 0.272 e. The normalized spacial score (nSPS) is 15.1. The Morgan fingerprint density at radius 3 is 2.35 bits per heavy atom. The van der Waals surface area contributed by atoms with Gasteiger partial charge in [-0.2, -0.15) is 5.10 Å². The lowest BCUT2D eigenvalue weighted by molar-refractivity contribution is 0.0668. The highest BCUT2D eigenvalue weighted by molar-refractivity contribution is 7.91. The van der Waals surface area contributed by atoms with Crippen molar-refractivity contribution in [1.82, 2.24) is 34.6 Å². The Bertz CT molecular complexity index is 2140. The molecule has 1 atom stereocenters. The van der Waals surface area contributed by atoms with Crippen molar-refractivity contribution in [2.24, 2.45) is 0 Å². The quantitative estimate of drug-likeness (QED) is 0.238. The van der Waals surface area contributed by atoms with E-state index in [2.05, 4.69) is 19.9 Å². The number of nitrogens with two attached hydrogens (primary N) is 1. The van der Waals surface area contributed by atoms with Crippen LogP contribution in [0.3, 0.4) is 0 Å². The average molecular weight is 633 g/mol. The molecular formula is C33H28N8O4S. The zero-order valence-electron chi connectivity index (χ0n) is 24.5. The maximum atomic E-state index is 13.7. The number of anilines is 1. The minimum Gasteiger partial charge on any atom is -0.457 e. The number of nitrogen functional groups attached to an aromatic ring is 1. The molecule has 1 amide bonds. The van der Waals surface area contributed by atoms with Crippen LogP contribution in [0.1, 0.15) is 29.4 Å². The lowest BCUT2D eigenvalue weighted by Crippen LogP contribution is -2.41. The lowest BCUT2D eigenvalue weighted by Gasteiger charge is -2.32. The molecule has 3 aromatic carbocycles. The Morgan fingerprint density at radius 2 is 1.59 bits per heavy atom. The fourth-order valence-electron chi connectivity index (χ4n) is 5.55. The third-order valence-corrected chi connectivity index (χ3v) is 9.37. The van der Waals surface area contributed by atoms with Crippen LogP contribution in [-0.2, 0) is 9.84 Å². The second-order valence-electron chi connectivity index (χ2n) is 10.8. The summed E-state index contributed by atoms with van der Waals surface area (Å²) in [6.07, 6.45) is 4.13.